The number of nitro benzene ring substituents is 1. The summed E-state index contributed by atoms with van der Waals surface area (Å²) in [5, 5.41) is 16.7. The molecule has 19 heavy (non-hydrogen) atoms. The molecule has 0 aliphatic carbocycles. The summed E-state index contributed by atoms with van der Waals surface area (Å²) in [4.78, 5) is 22.5. The molecule has 0 spiro atoms. The maximum Gasteiger partial charge on any atom is 0.282 e. The van der Waals surface area contributed by atoms with E-state index in [4.69, 9.17) is 0 Å². The second-order valence-corrected chi connectivity index (χ2v) is 4.60. The summed E-state index contributed by atoms with van der Waals surface area (Å²) in [7, 11) is 1.84. The van der Waals surface area contributed by atoms with Crippen molar-refractivity contribution in [3.8, 4) is 0 Å². The van der Waals surface area contributed by atoms with Gasteiger partial charge in [-0.15, -0.1) is 0 Å². The van der Waals surface area contributed by atoms with Crippen LogP contribution < -0.4 is 10.6 Å². The molecule has 0 radical (unpaired) electrons. The highest BCUT2D eigenvalue weighted by Gasteiger charge is 2.22. The Kier molecular flexibility index (Phi) is 5.44. The lowest BCUT2D eigenvalue weighted by Crippen LogP contribution is -2.32. The van der Waals surface area contributed by atoms with E-state index in [2.05, 4.69) is 10.6 Å². The van der Waals surface area contributed by atoms with E-state index in [0.717, 1.165) is 6.54 Å². The summed E-state index contributed by atoms with van der Waals surface area (Å²) in [6.07, 6.45) is 0. The number of aryl methyl sites for hydroxylation is 1. The molecule has 6 nitrogen and oxygen atoms in total. The number of nitrogens with zero attached hydrogens (tertiary/aromatic N) is 1. The Morgan fingerprint density at radius 1 is 1.42 bits per heavy atom. The van der Waals surface area contributed by atoms with Crippen molar-refractivity contribution in [2.75, 3.05) is 20.1 Å². The molecule has 1 amide bonds. The maximum atomic E-state index is 12.1. The van der Waals surface area contributed by atoms with Crippen molar-refractivity contribution >= 4 is 11.6 Å². The van der Waals surface area contributed by atoms with Crippen LogP contribution in [0.2, 0.25) is 0 Å². The van der Waals surface area contributed by atoms with Crippen molar-refractivity contribution in [1.82, 2.24) is 10.6 Å². The van der Waals surface area contributed by atoms with Crippen LogP contribution in [0.1, 0.15) is 22.8 Å². The molecule has 1 aromatic rings. The van der Waals surface area contributed by atoms with Crippen LogP contribution in [0.25, 0.3) is 0 Å². The van der Waals surface area contributed by atoms with Gasteiger partial charge in [0.2, 0.25) is 0 Å². The van der Waals surface area contributed by atoms with Gasteiger partial charge < -0.3 is 10.6 Å². The Labute approximate surface area is 112 Å². The van der Waals surface area contributed by atoms with Gasteiger partial charge in [-0.05, 0) is 32.0 Å². The highest BCUT2D eigenvalue weighted by molar-refractivity contribution is 5.99. The van der Waals surface area contributed by atoms with Crippen LogP contribution in [-0.2, 0) is 0 Å². The van der Waals surface area contributed by atoms with Crippen molar-refractivity contribution in [1.29, 1.82) is 0 Å². The van der Waals surface area contributed by atoms with Gasteiger partial charge in [0.05, 0.1) is 4.92 Å². The average Bonchev–Trinajstić information content (AvgIpc) is 2.36. The van der Waals surface area contributed by atoms with Gasteiger partial charge in [0.25, 0.3) is 11.6 Å². The minimum Gasteiger partial charge on any atom is -0.351 e. The summed E-state index contributed by atoms with van der Waals surface area (Å²) in [6, 6.07) is 4.62. The maximum absolute atomic E-state index is 12.1. The molecule has 0 fully saturated rings. The normalized spacial score (nSPS) is 11.9. The van der Waals surface area contributed by atoms with Crippen molar-refractivity contribution in [3.63, 3.8) is 0 Å². The minimum atomic E-state index is -0.529. The molecule has 1 atom stereocenters. The molecule has 0 heterocycles. The number of nitro groups is 1. The number of rotatable bonds is 6. The predicted octanol–water partition coefficient (Wildman–Crippen LogP) is 1.49. The molecule has 0 aliphatic heterocycles. The van der Waals surface area contributed by atoms with E-state index >= 15 is 0 Å². The molecular weight excluding hydrogens is 246 g/mol. The molecule has 104 valence electrons. The zero-order chi connectivity index (χ0) is 14.4. The number of hydrogen-bond donors (Lipinski definition) is 2. The highest BCUT2D eigenvalue weighted by atomic mass is 16.6. The molecule has 0 bridgehead atoms. The zero-order valence-electron chi connectivity index (χ0n) is 11.4. The number of hydrogen-bond acceptors (Lipinski definition) is 4. The highest BCUT2D eigenvalue weighted by Crippen LogP contribution is 2.21. The van der Waals surface area contributed by atoms with E-state index in [9.17, 15) is 14.9 Å². The Bertz CT molecular complexity index is 474. The van der Waals surface area contributed by atoms with E-state index in [1.807, 2.05) is 14.0 Å². The van der Waals surface area contributed by atoms with Crippen molar-refractivity contribution < 1.29 is 9.72 Å². The summed E-state index contributed by atoms with van der Waals surface area (Å²) in [5.74, 6) is -0.134. The predicted molar refractivity (Wildman–Crippen MR) is 73.3 cm³/mol. The molecule has 0 aliphatic rings. The van der Waals surface area contributed by atoms with Crippen LogP contribution in [-0.4, -0.2) is 31.0 Å². The van der Waals surface area contributed by atoms with Crippen LogP contribution >= 0.6 is 0 Å². The van der Waals surface area contributed by atoms with Gasteiger partial charge in [-0.25, -0.2) is 0 Å². The van der Waals surface area contributed by atoms with E-state index in [-0.39, 0.29) is 17.2 Å². The Morgan fingerprint density at radius 2 is 2.11 bits per heavy atom. The monoisotopic (exact) mass is 265 g/mol. The largest absolute Gasteiger partial charge is 0.351 e. The third-order valence-corrected chi connectivity index (χ3v) is 2.84. The first-order chi connectivity index (χ1) is 8.97. The summed E-state index contributed by atoms with van der Waals surface area (Å²) in [5.41, 5.74) is 0.593. The molecule has 0 saturated heterocycles. The quantitative estimate of drug-likeness (QED) is 0.603. The first kappa shape index (κ1) is 15.1. The number of nitrogens with one attached hydrogen (secondary N) is 2. The third kappa shape index (κ3) is 4.03. The van der Waals surface area contributed by atoms with Crippen molar-refractivity contribution in [2.45, 2.75) is 13.8 Å². The van der Waals surface area contributed by atoms with E-state index in [1.54, 1.807) is 19.1 Å². The fraction of sp³-hybridized carbons (Fsp3) is 0.462. The van der Waals surface area contributed by atoms with Crippen LogP contribution in [0.5, 0.6) is 0 Å². The van der Waals surface area contributed by atoms with E-state index in [1.165, 1.54) is 6.07 Å². The summed E-state index contributed by atoms with van der Waals surface area (Å²) >= 11 is 0. The zero-order valence-corrected chi connectivity index (χ0v) is 11.4. The van der Waals surface area contributed by atoms with Gasteiger partial charge in [0.1, 0.15) is 5.56 Å². The minimum absolute atomic E-state index is 0.143. The van der Waals surface area contributed by atoms with Crippen LogP contribution in [0.15, 0.2) is 18.2 Å². The Hall–Kier alpha value is -1.95. The number of carbonyl (C=O) groups is 1. The first-order valence-corrected chi connectivity index (χ1v) is 6.14. The smallest absolute Gasteiger partial charge is 0.282 e. The average molecular weight is 265 g/mol. The van der Waals surface area contributed by atoms with Crippen molar-refractivity contribution in [2.24, 2.45) is 5.92 Å². The van der Waals surface area contributed by atoms with Crippen molar-refractivity contribution in [3.05, 3.63) is 39.4 Å². The first-order valence-electron chi connectivity index (χ1n) is 6.14. The molecular formula is C13H19N3O3. The molecule has 1 aromatic carbocycles. The molecule has 6 heteroatoms. The standard InChI is InChI=1S/C13H19N3O3/c1-9(7-14-3)8-15-13(17)12-10(2)5-4-6-11(12)16(18)19/h4-6,9,14H,7-8H2,1-3H3,(H,15,17). The number of amides is 1. The van der Waals surface area contributed by atoms with Gasteiger partial charge in [-0.3, -0.25) is 14.9 Å². The van der Waals surface area contributed by atoms with Crippen LogP contribution in [0, 0.1) is 23.0 Å². The van der Waals surface area contributed by atoms with Crippen LogP contribution in [0.3, 0.4) is 0 Å². The Balaban J connectivity index is 2.85. The SMILES string of the molecule is CNCC(C)CNC(=O)c1c(C)cccc1[N+](=O)[O-]. The Morgan fingerprint density at radius 3 is 2.68 bits per heavy atom. The molecule has 1 unspecified atom stereocenters. The lowest BCUT2D eigenvalue weighted by Gasteiger charge is -2.13. The number of carbonyl (C=O) groups excluding carboxylic acids is 1. The van der Waals surface area contributed by atoms with Crippen LogP contribution in [0.4, 0.5) is 5.69 Å². The lowest BCUT2D eigenvalue weighted by molar-refractivity contribution is -0.385. The van der Waals surface area contributed by atoms with Gasteiger partial charge in [-0.1, -0.05) is 19.1 Å². The van der Waals surface area contributed by atoms with Gasteiger partial charge >= 0.3 is 0 Å². The second-order valence-electron chi connectivity index (χ2n) is 4.60. The second kappa shape index (κ2) is 6.84. The van der Waals surface area contributed by atoms with Gasteiger partial charge in [-0.2, -0.15) is 0 Å². The lowest BCUT2D eigenvalue weighted by atomic mass is 10.1. The topological polar surface area (TPSA) is 84.3 Å². The summed E-state index contributed by atoms with van der Waals surface area (Å²) in [6.45, 7) is 4.93. The fourth-order valence-corrected chi connectivity index (χ4v) is 1.88. The number of benzene rings is 1. The molecule has 0 saturated carbocycles. The summed E-state index contributed by atoms with van der Waals surface area (Å²) < 4.78 is 0. The molecule has 0 aromatic heterocycles. The fourth-order valence-electron chi connectivity index (χ4n) is 1.88. The molecule has 1 rings (SSSR count). The van der Waals surface area contributed by atoms with Gasteiger partial charge in [0.15, 0.2) is 0 Å². The van der Waals surface area contributed by atoms with E-state index in [0.29, 0.717) is 12.1 Å². The van der Waals surface area contributed by atoms with Gasteiger partial charge in [0, 0.05) is 12.6 Å². The third-order valence-electron chi connectivity index (χ3n) is 2.84. The van der Waals surface area contributed by atoms with E-state index < -0.39 is 10.8 Å². The molecule has 2 N–H and O–H groups in total.